The molecule has 2 bridgehead atoms. The van der Waals surface area contributed by atoms with Crippen molar-refractivity contribution >= 4 is 39.0 Å². The van der Waals surface area contributed by atoms with Gasteiger partial charge < -0.3 is 9.32 Å². The van der Waals surface area contributed by atoms with Gasteiger partial charge in [0.1, 0.15) is 11.2 Å². The van der Waals surface area contributed by atoms with Crippen molar-refractivity contribution < 1.29 is 4.42 Å². The first-order valence-corrected chi connectivity index (χ1v) is 22.8. The first-order valence-electron chi connectivity index (χ1n) is 22.8. The van der Waals surface area contributed by atoms with Crippen LogP contribution in [-0.2, 0) is 10.8 Å². The van der Waals surface area contributed by atoms with Crippen LogP contribution < -0.4 is 4.90 Å². The number of para-hydroxylation sites is 1. The van der Waals surface area contributed by atoms with Gasteiger partial charge in [-0.05, 0) is 138 Å². The van der Waals surface area contributed by atoms with Gasteiger partial charge in [-0.25, -0.2) is 0 Å². The smallest absolute Gasteiger partial charge is 0.135 e. The summed E-state index contributed by atoms with van der Waals surface area (Å²) in [5.74, 6) is 0.127. The zero-order valence-corrected chi connectivity index (χ0v) is 36.4. The molecule has 2 heteroatoms. The van der Waals surface area contributed by atoms with Crippen molar-refractivity contribution in [3.8, 4) is 33.4 Å². The second-order valence-electron chi connectivity index (χ2n) is 19.5. The Morgan fingerprint density at radius 1 is 0.375 bits per heavy atom. The van der Waals surface area contributed by atoms with E-state index in [2.05, 4.69) is 221 Å². The lowest BCUT2D eigenvalue weighted by atomic mass is 9.59. The first-order chi connectivity index (χ1) is 31.3. The largest absolute Gasteiger partial charge is 0.456 e. The van der Waals surface area contributed by atoms with E-state index in [0.29, 0.717) is 0 Å². The highest BCUT2D eigenvalue weighted by Crippen LogP contribution is 2.62. The summed E-state index contributed by atoms with van der Waals surface area (Å²) in [4.78, 5) is 2.57. The molecule has 0 amide bonds. The molecule has 5 aliphatic rings. The normalized spacial score (nSPS) is 17.3. The Bertz CT molecular complexity index is 3610. The maximum absolute atomic E-state index is 6.44. The summed E-state index contributed by atoms with van der Waals surface area (Å²) in [6, 6.07) is 71.1. The lowest BCUT2D eigenvalue weighted by Crippen LogP contribution is -2.30. The van der Waals surface area contributed by atoms with Crippen molar-refractivity contribution in [2.24, 2.45) is 0 Å². The monoisotopic (exact) mass is 819 g/mol. The third-order valence-corrected chi connectivity index (χ3v) is 15.7. The predicted molar refractivity (Wildman–Crippen MR) is 264 cm³/mol. The van der Waals surface area contributed by atoms with E-state index in [1.165, 1.54) is 94.7 Å². The van der Waals surface area contributed by atoms with Crippen LogP contribution in [0.4, 0.5) is 17.1 Å². The molecule has 0 aliphatic heterocycles. The lowest BCUT2D eigenvalue weighted by Gasteiger charge is -2.45. The fourth-order valence-electron chi connectivity index (χ4n) is 12.7. The Balaban J connectivity index is 1.07. The molecule has 0 unspecified atom stereocenters. The molecule has 0 radical (unpaired) electrons. The van der Waals surface area contributed by atoms with Crippen molar-refractivity contribution in [2.75, 3.05) is 4.90 Å². The molecule has 0 fully saturated rings. The van der Waals surface area contributed by atoms with E-state index in [1.807, 2.05) is 0 Å². The van der Waals surface area contributed by atoms with Gasteiger partial charge in [-0.1, -0.05) is 167 Å². The summed E-state index contributed by atoms with van der Waals surface area (Å²) in [6.45, 7) is 9.51. The minimum absolute atomic E-state index is 0.0487. The average Bonchev–Trinajstić information content (AvgIpc) is 3.90. The third kappa shape index (κ3) is 4.65. The highest BCUT2D eigenvalue weighted by atomic mass is 16.3. The molecule has 1 aromatic heterocycles. The highest BCUT2D eigenvalue weighted by Gasteiger charge is 2.45. The number of nitrogens with zero attached hydrogens (tertiary/aromatic N) is 1. The first kappa shape index (κ1) is 36.1. The number of fused-ring (bicyclic) bond motifs is 9. The SMILES string of the molecule is CC1(C)c2ccccc2-c2cc(-c3ccc(N(c4ccc5c(c4)C(C)(C)c4ccccc4-5)c4ccc5oc6ccccc6c5c4)c4c3C3c5ccccc5C4c4ccccc43)ccc21. The van der Waals surface area contributed by atoms with E-state index in [-0.39, 0.29) is 22.7 Å². The van der Waals surface area contributed by atoms with Crippen molar-refractivity contribution in [3.05, 3.63) is 244 Å². The number of hydrogen-bond donors (Lipinski definition) is 0. The molecule has 5 aliphatic carbocycles. The minimum atomic E-state index is -0.153. The maximum Gasteiger partial charge on any atom is 0.135 e. The van der Waals surface area contributed by atoms with Crippen LogP contribution >= 0.6 is 0 Å². The highest BCUT2D eigenvalue weighted by molar-refractivity contribution is 6.07. The van der Waals surface area contributed by atoms with E-state index in [0.717, 1.165) is 33.3 Å². The van der Waals surface area contributed by atoms with Gasteiger partial charge in [0, 0.05) is 44.8 Å². The van der Waals surface area contributed by atoms with E-state index < -0.39 is 0 Å². The van der Waals surface area contributed by atoms with Crippen LogP contribution in [-0.4, -0.2) is 0 Å². The summed E-state index contributed by atoms with van der Waals surface area (Å²) in [5, 5.41) is 2.25. The molecule has 0 N–H and O–H groups in total. The lowest BCUT2D eigenvalue weighted by molar-refractivity contribution is 0.660. The van der Waals surface area contributed by atoms with E-state index in [9.17, 15) is 0 Å². The second kappa shape index (κ2) is 12.6. The van der Waals surface area contributed by atoms with Crippen molar-refractivity contribution in [2.45, 2.75) is 50.4 Å². The molecule has 10 aromatic rings. The molecule has 1 heterocycles. The quantitative estimate of drug-likeness (QED) is 0.176. The molecule has 0 saturated heterocycles. The third-order valence-electron chi connectivity index (χ3n) is 15.7. The van der Waals surface area contributed by atoms with Gasteiger partial charge in [0.25, 0.3) is 0 Å². The summed E-state index contributed by atoms with van der Waals surface area (Å²) in [6.07, 6.45) is 0. The van der Waals surface area contributed by atoms with Crippen LogP contribution in [0.15, 0.2) is 192 Å². The Labute approximate surface area is 374 Å². The second-order valence-corrected chi connectivity index (χ2v) is 19.5. The zero-order chi connectivity index (χ0) is 42.6. The van der Waals surface area contributed by atoms with Gasteiger partial charge >= 0.3 is 0 Å². The van der Waals surface area contributed by atoms with E-state index in [1.54, 1.807) is 0 Å². The summed E-state index contributed by atoms with van der Waals surface area (Å²) in [5.41, 5.74) is 27.0. The van der Waals surface area contributed by atoms with Crippen LogP contribution in [0.1, 0.15) is 95.2 Å². The van der Waals surface area contributed by atoms with Crippen molar-refractivity contribution in [1.29, 1.82) is 0 Å². The molecular formula is C62H45NO. The van der Waals surface area contributed by atoms with Crippen LogP contribution in [0.25, 0.3) is 55.3 Å². The topological polar surface area (TPSA) is 16.4 Å². The Hall–Kier alpha value is -7.42. The van der Waals surface area contributed by atoms with Gasteiger partial charge in [-0.2, -0.15) is 0 Å². The zero-order valence-electron chi connectivity index (χ0n) is 36.4. The standard InChI is InChI=1S/C62H45NO/c1-61(2)51-23-13-10-16-41(51)48-33-36(25-30-52(48)61)39-29-31-54(60-58-46-20-7-5-18-44(46)57(59(39)60)45-19-6-8-21-47(45)58)63(37-27-32-56-49(34-37)43-17-11-14-24-55(43)64-56)38-26-28-42-40-15-9-12-22-50(40)62(3,4)53(42)35-38/h5-35,57-58H,1-4H3. The van der Waals surface area contributed by atoms with Gasteiger partial charge in [0.2, 0.25) is 0 Å². The molecule has 0 atom stereocenters. The molecule has 304 valence electrons. The number of benzene rings is 9. The van der Waals surface area contributed by atoms with Crippen LogP contribution in [0.2, 0.25) is 0 Å². The predicted octanol–water partition coefficient (Wildman–Crippen LogP) is 16.3. The van der Waals surface area contributed by atoms with Gasteiger partial charge in [0.15, 0.2) is 0 Å². The summed E-state index contributed by atoms with van der Waals surface area (Å²) in [7, 11) is 0. The van der Waals surface area contributed by atoms with Crippen LogP contribution in [0.5, 0.6) is 0 Å². The molecule has 15 rings (SSSR count). The Kier molecular flexibility index (Phi) is 7.11. The molecule has 0 spiro atoms. The van der Waals surface area contributed by atoms with Gasteiger partial charge in [-0.15, -0.1) is 0 Å². The fourth-order valence-corrected chi connectivity index (χ4v) is 12.7. The molecule has 9 aromatic carbocycles. The minimum Gasteiger partial charge on any atom is -0.456 e. The van der Waals surface area contributed by atoms with Crippen molar-refractivity contribution in [1.82, 2.24) is 0 Å². The molecule has 2 nitrogen and oxygen atoms in total. The molecule has 64 heavy (non-hydrogen) atoms. The summed E-state index contributed by atoms with van der Waals surface area (Å²) >= 11 is 0. The number of rotatable bonds is 4. The Morgan fingerprint density at radius 3 is 1.61 bits per heavy atom. The van der Waals surface area contributed by atoms with E-state index >= 15 is 0 Å². The fraction of sp³-hybridized carbons (Fsp3) is 0.129. The van der Waals surface area contributed by atoms with Gasteiger partial charge in [-0.3, -0.25) is 0 Å². The maximum atomic E-state index is 6.44. The van der Waals surface area contributed by atoms with Gasteiger partial charge in [0.05, 0.1) is 5.69 Å². The Morgan fingerprint density at radius 2 is 0.891 bits per heavy atom. The average molecular weight is 820 g/mol. The van der Waals surface area contributed by atoms with Crippen LogP contribution in [0.3, 0.4) is 0 Å². The van der Waals surface area contributed by atoms with E-state index in [4.69, 9.17) is 4.42 Å². The number of furan rings is 1. The number of anilines is 3. The summed E-state index contributed by atoms with van der Waals surface area (Å²) < 4.78 is 6.44. The molecular weight excluding hydrogens is 775 g/mol. The molecule has 0 saturated carbocycles. The number of hydrogen-bond acceptors (Lipinski definition) is 2. The van der Waals surface area contributed by atoms with Crippen LogP contribution in [0, 0.1) is 0 Å². The van der Waals surface area contributed by atoms with Crippen molar-refractivity contribution in [3.63, 3.8) is 0 Å².